The van der Waals surface area contributed by atoms with Gasteiger partial charge in [-0.1, -0.05) is 0 Å². The molecule has 0 unspecified atom stereocenters. The van der Waals surface area contributed by atoms with Crippen LogP contribution in [0.2, 0.25) is 0 Å². The Morgan fingerprint density at radius 3 is 2.62 bits per heavy atom. The maximum atomic E-state index is 13.2. The molecule has 0 spiro atoms. The van der Waals surface area contributed by atoms with Crippen molar-refractivity contribution in [2.24, 2.45) is 7.05 Å². The van der Waals surface area contributed by atoms with Gasteiger partial charge < -0.3 is 20.5 Å². The van der Waals surface area contributed by atoms with Crippen molar-refractivity contribution in [3.8, 4) is 11.1 Å². The van der Waals surface area contributed by atoms with Crippen molar-refractivity contribution in [3.63, 3.8) is 0 Å². The Morgan fingerprint density at radius 2 is 1.95 bits per heavy atom. The number of anilines is 1. The number of piperidine rings is 1. The van der Waals surface area contributed by atoms with Crippen LogP contribution in [-0.2, 0) is 26.1 Å². The number of carbonyl (C=O) groups is 3. The van der Waals surface area contributed by atoms with E-state index in [2.05, 4.69) is 15.5 Å². The molecule has 0 radical (unpaired) electrons. The van der Waals surface area contributed by atoms with Crippen LogP contribution in [0, 0.1) is 0 Å². The van der Waals surface area contributed by atoms with E-state index in [1.807, 2.05) is 13.2 Å². The normalized spacial score (nSPS) is 17.7. The average Bonchev–Trinajstić information content (AvgIpc) is 3.49. The van der Waals surface area contributed by atoms with Gasteiger partial charge in [0.25, 0.3) is 0 Å². The van der Waals surface area contributed by atoms with Gasteiger partial charge in [-0.05, 0) is 40.5 Å². The van der Waals surface area contributed by atoms with E-state index in [9.17, 15) is 14.4 Å². The number of nitrogens with one attached hydrogen (secondary N) is 1. The van der Waals surface area contributed by atoms with Crippen LogP contribution in [0.4, 0.5) is 10.6 Å². The molecule has 0 aromatic carbocycles. The quantitative estimate of drug-likeness (QED) is 0.429. The third-order valence-electron chi connectivity index (χ3n) is 6.40. The summed E-state index contributed by atoms with van der Waals surface area (Å²) in [6, 6.07) is 1.00. The summed E-state index contributed by atoms with van der Waals surface area (Å²) in [5, 5.41) is 11.4. The number of fused-ring (bicyclic) bond motifs is 1. The van der Waals surface area contributed by atoms with E-state index < -0.39 is 23.7 Å². The zero-order chi connectivity index (χ0) is 28.3. The van der Waals surface area contributed by atoms with Gasteiger partial charge in [-0.2, -0.15) is 14.7 Å². The highest BCUT2D eigenvalue weighted by Crippen LogP contribution is 2.33. The Kier molecular flexibility index (Phi) is 8.07. The van der Waals surface area contributed by atoms with Crippen molar-refractivity contribution in [3.05, 3.63) is 30.4 Å². The maximum Gasteiger partial charge on any atom is 0.410 e. The molecule has 3 N–H and O–H groups in total. The van der Waals surface area contributed by atoms with E-state index in [4.69, 9.17) is 20.2 Å². The highest BCUT2D eigenvalue weighted by Gasteiger charge is 2.39. The van der Waals surface area contributed by atoms with Crippen molar-refractivity contribution in [1.29, 1.82) is 0 Å². The molecule has 1 saturated heterocycles. The topological polar surface area (TPSA) is 159 Å². The lowest BCUT2D eigenvalue weighted by Crippen LogP contribution is -2.54. The molecule has 4 rings (SSSR count). The van der Waals surface area contributed by atoms with Crippen molar-refractivity contribution >= 4 is 29.4 Å². The average molecular weight is 541 g/mol. The number of nitrogens with two attached hydrogens (primary N) is 1. The third-order valence-corrected chi connectivity index (χ3v) is 6.40. The molecule has 0 saturated carbocycles. The number of hydrogen-bond acceptors (Lipinski definition) is 9. The van der Waals surface area contributed by atoms with Gasteiger partial charge in [0, 0.05) is 49.4 Å². The van der Waals surface area contributed by atoms with Gasteiger partial charge in [0.05, 0.1) is 31.1 Å². The van der Waals surface area contributed by atoms with E-state index in [1.165, 1.54) is 4.90 Å². The SMILES string of the molecule is CCOC(=O)CCNC(=O)[C@@H]1CC[C@H](c2cc(N)n3ncc(-c4cnn(C)c4)c3n2)CN1C(=O)OC(C)(C)C. The van der Waals surface area contributed by atoms with Crippen LogP contribution in [0.5, 0.6) is 0 Å². The second-order valence-electron chi connectivity index (χ2n) is 10.6. The van der Waals surface area contributed by atoms with Gasteiger partial charge in [0.15, 0.2) is 5.65 Å². The number of ether oxygens (including phenoxy) is 2. The van der Waals surface area contributed by atoms with Crippen LogP contribution >= 0.6 is 0 Å². The largest absolute Gasteiger partial charge is 0.466 e. The molecule has 1 aliphatic rings. The standard InChI is InChI=1S/C26H36N8O5/c1-6-38-22(35)9-10-28-24(36)20-8-7-16(15-33(20)25(37)39-26(2,3)4)19-11-21(27)34-23(31-19)18(13-30-34)17-12-29-32(5)14-17/h11-14,16,20H,6-10,15,27H2,1-5H3,(H,28,36)/t16-,20-/m0/s1. The second-order valence-corrected chi connectivity index (χ2v) is 10.6. The van der Waals surface area contributed by atoms with Gasteiger partial charge in [0.1, 0.15) is 17.5 Å². The van der Waals surface area contributed by atoms with Crippen LogP contribution in [0.15, 0.2) is 24.7 Å². The minimum atomic E-state index is -0.750. The van der Waals surface area contributed by atoms with E-state index in [1.54, 1.807) is 55.4 Å². The van der Waals surface area contributed by atoms with E-state index >= 15 is 0 Å². The number of aromatic nitrogens is 5. The molecule has 1 fully saturated rings. The second kappa shape index (κ2) is 11.3. The van der Waals surface area contributed by atoms with Crippen LogP contribution in [0.3, 0.4) is 0 Å². The van der Waals surface area contributed by atoms with Crippen molar-refractivity contribution < 1.29 is 23.9 Å². The first-order valence-electron chi connectivity index (χ1n) is 13.0. The van der Waals surface area contributed by atoms with Gasteiger partial charge in [-0.25, -0.2) is 9.78 Å². The lowest BCUT2D eigenvalue weighted by molar-refractivity contribution is -0.143. The number of rotatable bonds is 7. The van der Waals surface area contributed by atoms with Gasteiger partial charge >= 0.3 is 12.1 Å². The Labute approximate surface area is 226 Å². The number of aryl methyl sites for hydroxylation is 1. The predicted octanol–water partition coefficient (Wildman–Crippen LogP) is 2.26. The number of nitrogens with zero attached hydrogens (tertiary/aromatic N) is 6. The number of likely N-dealkylation sites (tertiary alicyclic amines) is 1. The molecule has 2 amide bonds. The third kappa shape index (κ3) is 6.47. The molecule has 4 heterocycles. The van der Waals surface area contributed by atoms with Gasteiger partial charge in [0.2, 0.25) is 5.91 Å². The summed E-state index contributed by atoms with van der Waals surface area (Å²) in [5.41, 5.74) is 8.53. The minimum absolute atomic E-state index is 0.0508. The molecule has 0 aliphatic carbocycles. The monoisotopic (exact) mass is 540 g/mol. The van der Waals surface area contributed by atoms with Crippen LogP contribution in [0.1, 0.15) is 58.6 Å². The first-order valence-corrected chi connectivity index (χ1v) is 13.0. The van der Waals surface area contributed by atoms with E-state index in [0.717, 1.165) is 11.1 Å². The minimum Gasteiger partial charge on any atom is -0.466 e. The molecular weight excluding hydrogens is 504 g/mol. The molecule has 39 heavy (non-hydrogen) atoms. The lowest BCUT2D eigenvalue weighted by Gasteiger charge is -2.39. The van der Waals surface area contributed by atoms with Crippen LogP contribution in [-0.4, -0.2) is 78.6 Å². The van der Waals surface area contributed by atoms with Crippen molar-refractivity contribution in [2.75, 3.05) is 25.4 Å². The maximum absolute atomic E-state index is 13.2. The lowest BCUT2D eigenvalue weighted by atomic mass is 9.89. The fourth-order valence-electron chi connectivity index (χ4n) is 4.62. The summed E-state index contributed by atoms with van der Waals surface area (Å²) in [6.45, 7) is 7.65. The zero-order valence-electron chi connectivity index (χ0n) is 23.0. The molecule has 3 aromatic heterocycles. The number of esters is 1. The first-order chi connectivity index (χ1) is 18.5. The molecule has 2 atom stereocenters. The van der Waals surface area contributed by atoms with E-state index in [0.29, 0.717) is 30.0 Å². The summed E-state index contributed by atoms with van der Waals surface area (Å²) in [5.74, 6) is -0.519. The molecular formula is C26H36N8O5. The fourth-order valence-corrected chi connectivity index (χ4v) is 4.62. The number of nitrogen functional groups attached to an aromatic ring is 1. The fraction of sp³-hybridized carbons (Fsp3) is 0.538. The summed E-state index contributed by atoms with van der Waals surface area (Å²) < 4.78 is 13.8. The number of carbonyl (C=O) groups excluding carboxylic acids is 3. The summed E-state index contributed by atoms with van der Waals surface area (Å²) in [6.07, 6.45) is 5.74. The Hall–Kier alpha value is -4.16. The molecule has 13 heteroatoms. The van der Waals surface area contributed by atoms with Crippen LogP contribution in [0.25, 0.3) is 16.8 Å². The Bertz CT molecular complexity index is 1360. The van der Waals surface area contributed by atoms with Crippen molar-refractivity contribution in [2.45, 2.75) is 64.5 Å². The highest BCUT2D eigenvalue weighted by molar-refractivity contribution is 5.86. The first kappa shape index (κ1) is 27.9. The number of amides is 2. The Morgan fingerprint density at radius 1 is 1.18 bits per heavy atom. The van der Waals surface area contributed by atoms with Gasteiger partial charge in [-0.15, -0.1) is 0 Å². The molecule has 210 valence electrons. The Balaban J connectivity index is 1.58. The zero-order valence-corrected chi connectivity index (χ0v) is 23.0. The van der Waals surface area contributed by atoms with E-state index in [-0.39, 0.29) is 37.9 Å². The molecule has 1 aliphatic heterocycles. The summed E-state index contributed by atoms with van der Waals surface area (Å²) in [7, 11) is 1.83. The molecule has 0 bridgehead atoms. The smallest absolute Gasteiger partial charge is 0.410 e. The highest BCUT2D eigenvalue weighted by atomic mass is 16.6. The predicted molar refractivity (Wildman–Crippen MR) is 143 cm³/mol. The van der Waals surface area contributed by atoms with Crippen LogP contribution < -0.4 is 11.1 Å². The molecule has 3 aromatic rings. The molecule has 13 nitrogen and oxygen atoms in total. The van der Waals surface area contributed by atoms with Crippen molar-refractivity contribution in [1.82, 2.24) is 34.6 Å². The van der Waals surface area contributed by atoms with Gasteiger partial charge in [-0.3, -0.25) is 19.2 Å². The summed E-state index contributed by atoms with van der Waals surface area (Å²) >= 11 is 0. The number of hydrogen-bond donors (Lipinski definition) is 2. The summed E-state index contributed by atoms with van der Waals surface area (Å²) in [4.78, 5) is 44.3.